The number of carbonyl (C=O) groups excluding carboxylic acids is 1. The average molecular weight is 252 g/mol. The van der Waals surface area contributed by atoms with Gasteiger partial charge in [-0.2, -0.15) is 0 Å². The number of aromatic amines is 1. The number of primary amides is 1. The molecule has 0 spiro atoms. The molecule has 93 valence electrons. The molecule has 0 aliphatic carbocycles. The molecule has 0 aliphatic rings. The van der Waals surface area contributed by atoms with Crippen LogP contribution in [0.25, 0.3) is 22.2 Å². The highest BCUT2D eigenvalue weighted by atomic mass is 16.3. The number of carbonyl (C=O) groups is 1. The summed E-state index contributed by atoms with van der Waals surface area (Å²) in [6, 6.07) is 9.43. The lowest BCUT2D eigenvalue weighted by atomic mass is 9.99. The van der Waals surface area contributed by atoms with Gasteiger partial charge in [0.1, 0.15) is 11.4 Å². The third-order valence-electron chi connectivity index (χ3n) is 2.93. The van der Waals surface area contributed by atoms with Crippen molar-refractivity contribution in [2.75, 3.05) is 0 Å². The van der Waals surface area contributed by atoms with Crippen LogP contribution in [0.15, 0.2) is 36.7 Å². The second kappa shape index (κ2) is 4.13. The van der Waals surface area contributed by atoms with Crippen LogP contribution < -0.4 is 5.73 Å². The topological polar surface area (TPSA) is 92.0 Å². The van der Waals surface area contributed by atoms with Crippen LogP contribution in [-0.4, -0.2) is 21.0 Å². The van der Waals surface area contributed by atoms with Crippen molar-refractivity contribution in [3.05, 3.63) is 48.3 Å². The highest BCUT2D eigenvalue weighted by Gasteiger charge is 2.16. The van der Waals surface area contributed by atoms with Gasteiger partial charge in [-0.05, 0) is 17.7 Å². The number of rotatable bonds is 2. The monoisotopic (exact) mass is 252 g/mol. The molecule has 3 aromatic rings. The number of H-pyrrole nitrogens is 1. The summed E-state index contributed by atoms with van der Waals surface area (Å²) < 4.78 is 0. The second-order valence-electron chi connectivity index (χ2n) is 4.11. The number of nitrogens with two attached hydrogens (primary N) is 1. The Labute approximate surface area is 108 Å². The smallest absolute Gasteiger partial charge is 0.250 e. The predicted octanol–water partition coefficient (Wildman–Crippen LogP) is 1.83. The van der Waals surface area contributed by atoms with E-state index in [4.69, 9.17) is 5.73 Å². The maximum Gasteiger partial charge on any atom is 0.250 e. The van der Waals surface area contributed by atoms with Crippen molar-refractivity contribution in [2.45, 2.75) is 0 Å². The zero-order valence-electron chi connectivity index (χ0n) is 9.84. The number of aromatic nitrogens is 2. The molecule has 4 N–H and O–H groups in total. The number of fused-ring (bicyclic) bond motifs is 1. The highest BCUT2D eigenvalue weighted by Crippen LogP contribution is 2.28. The maximum atomic E-state index is 11.7. The van der Waals surface area contributed by atoms with Crippen molar-refractivity contribution in [2.24, 2.45) is 5.73 Å². The quantitative estimate of drug-likeness (QED) is 0.649. The van der Waals surface area contributed by atoms with Crippen molar-refractivity contribution in [3.63, 3.8) is 0 Å². The van der Waals surface area contributed by atoms with Gasteiger partial charge in [0, 0.05) is 29.4 Å². The van der Waals surface area contributed by atoms with Gasteiger partial charge in [0.05, 0.1) is 5.56 Å². The van der Waals surface area contributed by atoms with Crippen LogP contribution in [-0.2, 0) is 0 Å². The van der Waals surface area contributed by atoms with Gasteiger partial charge in [0.25, 0.3) is 0 Å². The van der Waals surface area contributed by atoms with E-state index in [0.29, 0.717) is 22.2 Å². The minimum absolute atomic E-state index is 0.159. The fraction of sp³-hybridized carbons (Fsp3) is 0. The molecule has 1 radical (unpaired) electrons. The number of pyridine rings is 1. The number of aromatic hydroxyl groups is 1. The zero-order chi connectivity index (χ0) is 13.4. The maximum absolute atomic E-state index is 11.7. The standard InChI is InChI=1S/C14H10N3O2/c15-13(19)12-10-5-6-16-14(10)17-7-11(12)8-1-3-9(18)4-2-8/h1-4,6-7,18H,(H2,15,19)(H,16,17). The number of nitrogens with one attached hydrogen (secondary N) is 1. The van der Waals surface area contributed by atoms with E-state index in [1.54, 1.807) is 36.7 Å². The number of amides is 1. The van der Waals surface area contributed by atoms with E-state index in [9.17, 15) is 9.90 Å². The van der Waals surface area contributed by atoms with Crippen LogP contribution >= 0.6 is 0 Å². The van der Waals surface area contributed by atoms with E-state index in [0.717, 1.165) is 5.56 Å². The summed E-state index contributed by atoms with van der Waals surface area (Å²) in [4.78, 5) is 18.8. The molecule has 5 heteroatoms. The number of hydrogen-bond donors (Lipinski definition) is 3. The molecular weight excluding hydrogens is 242 g/mol. The molecule has 0 saturated carbocycles. The molecule has 1 aromatic carbocycles. The minimum atomic E-state index is -0.536. The first kappa shape index (κ1) is 11.3. The van der Waals surface area contributed by atoms with Gasteiger partial charge in [0.15, 0.2) is 0 Å². The van der Waals surface area contributed by atoms with Gasteiger partial charge in [0.2, 0.25) is 5.91 Å². The average Bonchev–Trinajstić information content (AvgIpc) is 2.86. The van der Waals surface area contributed by atoms with Crippen molar-refractivity contribution in [1.29, 1.82) is 0 Å². The lowest BCUT2D eigenvalue weighted by molar-refractivity contribution is 0.100. The second-order valence-corrected chi connectivity index (χ2v) is 4.11. The van der Waals surface area contributed by atoms with Crippen LogP contribution in [0.5, 0.6) is 5.75 Å². The summed E-state index contributed by atoms with van der Waals surface area (Å²) in [5.41, 5.74) is 7.78. The number of nitrogens with zero attached hydrogens (tertiary/aromatic N) is 1. The Balaban J connectivity index is 2.31. The summed E-state index contributed by atoms with van der Waals surface area (Å²) in [7, 11) is 0. The van der Waals surface area contributed by atoms with Crippen LogP contribution in [0.1, 0.15) is 10.4 Å². The fourth-order valence-corrected chi connectivity index (χ4v) is 2.05. The Bertz CT molecular complexity index is 760. The summed E-state index contributed by atoms with van der Waals surface area (Å²) >= 11 is 0. The summed E-state index contributed by atoms with van der Waals surface area (Å²) in [6.45, 7) is 0. The Morgan fingerprint density at radius 2 is 2.05 bits per heavy atom. The molecule has 5 nitrogen and oxygen atoms in total. The first-order valence-corrected chi connectivity index (χ1v) is 5.64. The lowest BCUT2D eigenvalue weighted by Crippen LogP contribution is -2.13. The number of phenols is 1. The lowest BCUT2D eigenvalue weighted by Gasteiger charge is -2.07. The highest BCUT2D eigenvalue weighted by molar-refractivity contribution is 6.10. The van der Waals surface area contributed by atoms with Crippen molar-refractivity contribution in [3.8, 4) is 16.9 Å². The van der Waals surface area contributed by atoms with E-state index in [1.807, 2.05) is 0 Å². The van der Waals surface area contributed by atoms with E-state index in [1.165, 1.54) is 0 Å². The summed E-state index contributed by atoms with van der Waals surface area (Å²) in [6.07, 6.45) is 3.17. The van der Waals surface area contributed by atoms with E-state index in [2.05, 4.69) is 16.0 Å². The Hall–Kier alpha value is -2.82. The third-order valence-corrected chi connectivity index (χ3v) is 2.93. The van der Waals surface area contributed by atoms with Gasteiger partial charge < -0.3 is 15.8 Å². The third kappa shape index (κ3) is 1.81. The molecule has 0 aliphatic heterocycles. The SMILES string of the molecule is NC(=O)c1c(-c2ccc(O)cc2)cnc2[nH]c[c]c12. The number of benzene rings is 1. The summed E-state index contributed by atoms with van der Waals surface area (Å²) in [5, 5.41) is 9.87. The number of phenolic OH excluding ortho intramolecular Hbond substituents is 1. The predicted molar refractivity (Wildman–Crippen MR) is 70.5 cm³/mol. The molecule has 2 heterocycles. The first-order chi connectivity index (χ1) is 9.16. The normalized spacial score (nSPS) is 10.7. The Kier molecular flexibility index (Phi) is 2.45. The molecule has 0 unspecified atom stereocenters. The van der Waals surface area contributed by atoms with Crippen molar-refractivity contribution in [1.82, 2.24) is 9.97 Å². The van der Waals surface area contributed by atoms with Crippen LogP contribution in [0.4, 0.5) is 0 Å². The fourth-order valence-electron chi connectivity index (χ4n) is 2.05. The van der Waals surface area contributed by atoms with Crippen LogP contribution in [0.2, 0.25) is 0 Å². The van der Waals surface area contributed by atoms with Gasteiger partial charge in [-0.15, -0.1) is 0 Å². The largest absolute Gasteiger partial charge is 0.508 e. The number of hydrogen-bond acceptors (Lipinski definition) is 3. The molecule has 3 rings (SSSR count). The zero-order valence-corrected chi connectivity index (χ0v) is 9.84. The molecular formula is C14H10N3O2. The van der Waals surface area contributed by atoms with E-state index < -0.39 is 5.91 Å². The van der Waals surface area contributed by atoms with Gasteiger partial charge in [-0.3, -0.25) is 4.79 Å². The molecule has 0 saturated heterocycles. The Morgan fingerprint density at radius 1 is 1.32 bits per heavy atom. The van der Waals surface area contributed by atoms with Crippen molar-refractivity contribution >= 4 is 16.9 Å². The first-order valence-electron chi connectivity index (χ1n) is 5.64. The molecule has 19 heavy (non-hydrogen) atoms. The van der Waals surface area contributed by atoms with Crippen LogP contribution in [0, 0.1) is 6.07 Å². The summed E-state index contributed by atoms with van der Waals surface area (Å²) in [5.74, 6) is -0.377. The Morgan fingerprint density at radius 3 is 2.74 bits per heavy atom. The molecule has 0 fully saturated rings. The van der Waals surface area contributed by atoms with Gasteiger partial charge >= 0.3 is 0 Å². The van der Waals surface area contributed by atoms with Crippen LogP contribution in [0.3, 0.4) is 0 Å². The molecule has 0 atom stereocenters. The molecule has 0 bridgehead atoms. The van der Waals surface area contributed by atoms with E-state index in [-0.39, 0.29) is 5.75 Å². The minimum Gasteiger partial charge on any atom is -0.508 e. The van der Waals surface area contributed by atoms with Gasteiger partial charge in [-0.1, -0.05) is 12.1 Å². The molecule has 2 aromatic heterocycles. The van der Waals surface area contributed by atoms with Crippen molar-refractivity contribution < 1.29 is 9.90 Å². The molecule has 1 amide bonds. The van der Waals surface area contributed by atoms with E-state index >= 15 is 0 Å². The van der Waals surface area contributed by atoms with Gasteiger partial charge in [-0.25, -0.2) is 4.98 Å².